The van der Waals surface area contributed by atoms with Crippen LogP contribution in [0.3, 0.4) is 0 Å². The number of benzene rings is 1. The fourth-order valence-corrected chi connectivity index (χ4v) is 3.35. The maximum absolute atomic E-state index is 12.7. The number of nitrogens with two attached hydrogens (primary N) is 1. The molecule has 1 aliphatic heterocycles. The molecule has 0 aromatic heterocycles. The molecule has 1 fully saturated rings. The molecule has 1 aliphatic rings. The fraction of sp³-hybridized carbons (Fsp3) is 0.632. The molecule has 0 saturated carbocycles. The number of hydrogen-bond donors (Lipinski definition) is 2. The number of rotatable bonds is 5. The highest BCUT2D eigenvalue weighted by Gasteiger charge is 2.36. The van der Waals surface area contributed by atoms with Crippen LogP contribution in [0.5, 0.6) is 5.75 Å². The third-order valence-electron chi connectivity index (χ3n) is 5.23. The summed E-state index contributed by atoms with van der Waals surface area (Å²) in [4.78, 5) is 14.9. The van der Waals surface area contributed by atoms with E-state index in [4.69, 9.17) is 10.5 Å². The average Bonchev–Trinajstić information content (AvgIpc) is 2.56. The van der Waals surface area contributed by atoms with E-state index in [2.05, 4.69) is 24.1 Å². The molecular formula is C19H31N3O2. The van der Waals surface area contributed by atoms with E-state index >= 15 is 0 Å². The van der Waals surface area contributed by atoms with Crippen molar-refractivity contribution in [2.75, 3.05) is 20.2 Å². The van der Waals surface area contributed by atoms with Gasteiger partial charge in [0.25, 0.3) is 0 Å². The van der Waals surface area contributed by atoms with E-state index in [1.165, 1.54) is 0 Å². The first-order valence-electron chi connectivity index (χ1n) is 8.69. The summed E-state index contributed by atoms with van der Waals surface area (Å²) in [6.07, 6.45) is 0.923. The highest BCUT2D eigenvalue weighted by atomic mass is 16.5. The molecule has 3 unspecified atom stereocenters. The molecule has 5 nitrogen and oxygen atoms in total. The number of ether oxygens (including phenoxy) is 1. The van der Waals surface area contributed by atoms with Gasteiger partial charge in [-0.05, 0) is 31.7 Å². The summed E-state index contributed by atoms with van der Waals surface area (Å²) < 4.78 is 5.39. The van der Waals surface area contributed by atoms with Crippen molar-refractivity contribution in [2.24, 2.45) is 11.1 Å². The van der Waals surface area contributed by atoms with Gasteiger partial charge in [0, 0.05) is 24.7 Å². The van der Waals surface area contributed by atoms with Gasteiger partial charge in [-0.25, -0.2) is 0 Å². The van der Waals surface area contributed by atoms with Gasteiger partial charge in [-0.1, -0.05) is 32.0 Å². The highest BCUT2D eigenvalue weighted by Crippen LogP contribution is 2.29. The number of nitrogens with zero attached hydrogens (tertiary/aromatic N) is 1. The maximum Gasteiger partial charge on any atom is 0.237 e. The Hall–Kier alpha value is -1.59. The number of methoxy groups -OCH3 is 1. The van der Waals surface area contributed by atoms with Crippen LogP contribution in [0.4, 0.5) is 0 Å². The van der Waals surface area contributed by atoms with Gasteiger partial charge >= 0.3 is 0 Å². The van der Waals surface area contributed by atoms with Gasteiger partial charge in [0.15, 0.2) is 0 Å². The Labute approximate surface area is 145 Å². The monoisotopic (exact) mass is 333 g/mol. The van der Waals surface area contributed by atoms with Crippen molar-refractivity contribution in [3.05, 3.63) is 29.8 Å². The number of carbonyl (C=O) groups is 1. The number of likely N-dealkylation sites (tertiary alicyclic amines) is 1. The SMILES string of the molecule is COc1ccccc1C(C)NC(=O)C(C)N1CCC(N)C(C)(C)C1. The normalized spacial score (nSPS) is 23.3. The second kappa shape index (κ2) is 7.53. The molecular weight excluding hydrogens is 302 g/mol. The van der Waals surface area contributed by atoms with Crippen LogP contribution in [0.2, 0.25) is 0 Å². The summed E-state index contributed by atoms with van der Waals surface area (Å²) >= 11 is 0. The molecule has 1 saturated heterocycles. The smallest absolute Gasteiger partial charge is 0.237 e. The molecule has 0 bridgehead atoms. The van der Waals surface area contributed by atoms with Crippen molar-refractivity contribution >= 4 is 5.91 Å². The van der Waals surface area contributed by atoms with Crippen LogP contribution in [0.15, 0.2) is 24.3 Å². The molecule has 1 amide bonds. The van der Waals surface area contributed by atoms with Crippen molar-refractivity contribution < 1.29 is 9.53 Å². The second-order valence-corrected chi connectivity index (χ2v) is 7.50. The van der Waals surface area contributed by atoms with E-state index in [1.807, 2.05) is 38.1 Å². The van der Waals surface area contributed by atoms with Gasteiger partial charge in [-0.15, -0.1) is 0 Å². The van der Waals surface area contributed by atoms with Crippen molar-refractivity contribution in [2.45, 2.75) is 52.2 Å². The number of amides is 1. The molecule has 1 aromatic rings. The fourth-order valence-electron chi connectivity index (χ4n) is 3.35. The second-order valence-electron chi connectivity index (χ2n) is 7.50. The minimum absolute atomic E-state index is 0.0288. The van der Waals surface area contributed by atoms with Gasteiger partial charge < -0.3 is 15.8 Å². The lowest BCUT2D eigenvalue weighted by Crippen LogP contribution is -2.57. The molecule has 5 heteroatoms. The predicted octanol–water partition coefficient (Wildman–Crippen LogP) is 2.32. The first kappa shape index (κ1) is 18.7. The zero-order valence-electron chi connectivity index (χ0n) is 15.5. The van der Waals surface area contributed by atoms with Gasteiger partial charge in [0.2, 0.25) is 5.91 Å². The van der Waals surface area contributed by atoms with Gasteiger partial charge in [-0.3, -0.25) is 9.69 Å². The standard InChI is InChI=1S/C19H31N3O2/c1-13(15-8-6-7-9-16(15)24-5)21-18(23)14(2)22-11-10-17(20)19(3,4)12-22/h6-9,13-14,17H,10-12,20H2,1-5H3,(H,21,23). The van der Waals surface area contributed by atoms with Crippen LogP contribution >= 0.6 is 0 Å². The summed E-state index contributed by atoms with van der Waals surface area (Å²) in [5, 5.41) is 3.11. The van der Waals surface area contributed by atoms with Gasteiger partial charge in [0.05, 0.1) is 19.2 Å². The Balaban J connectivity index is 2.01. The van der Waals surface area contributed by atoms with Gasteiger partial charge in [0.1, 0.15) is 5.75 Å². The number of carbonyl (C=O) groups excluding carboxylic acids is 1. The zero-order chi connectivity index (χ0) is 17.9. The van der Waals surface area contributed by atoms with E-state index in [-0.39, 0.29) is 29.4 Å². The highest BCUT2D eigenvalue weighted by molar-refractivity contribution is 5.81. The van der Waals surface area contributed by atoms with E-state index in [0.29, 0.717) is 0 Å². The lowest BCUT2D eigenvalue weighted by atomic mass is 9.79. The van der Waals surface area contributed by atoms with E-state index in [1.54, 1.807) is 7.11 Å². The van der Waals surface area contributed by atoms with Crippen LogP contribution in [-0.2, 0) is 4.79 Å². The first-order valence-corrected chi connectivity index (χ1v) is 8.69. The lowest BCUT2D eigenvalue weighted by molar-refractivity contribution is -0.127. The number of para-hydroxylation sites is 1. The molecule has 0 spiro atoms. The molecule has 134 valence electrons. The quantitative estimate of drug-likeness (QED) is 0.868. The molecule has 24 heavy (non-hydrogen) atoms. The average molecular weight is 333 g/mol. The van der Waals surface area contributed by atoms with E-state index in [9.17, 15) is 4.79 Å². The number of nitrogens with one attached hydrogen (secondary N) is 1. The Morgan fingerprint density at radius 2 is 2.04 bits per heavy atom. The Bertz CT molecular complexity index is 573. The third kappa shape index (κ3) is 4.08. The van der Waals surface area contributed by atoms with Crippen molar-refractivity contribution in [3.63, 3.8) is 0 Å². The van der Waals surface area contributed by atoms with Crippen LogP contribution in [-0.4, -0.2) is 43.1 Å². The van der Waals surface area contributed by atoms with E-state index in [0.717, 1.165) is 30.8 Å². The predicted molar refractivity (Wildman–Crippen MR) is 97.0 cm³/mol. The molecule has 1 aromatic carbocycles. The summed E-state index contributed by atoms with van der Waals surface area (Å²) in [6.45, 7) is 10.0. The van der Waals surface area contributed by atoms with Crippen molar-refractivity contribution in [1.29, 1.82) is 0 Å². The molecule has 3 atom stereocenters. The minimum Gasteiger partial charge on any atom is -0.496 e. The first-order chi connectivity index (χ1) is 11.3. The van der Waals surface area contributed by atoms with Crippen LogP contribution in [0.1, 0.15) is 45.7 Å². The number of hydrogen-bond acceptors (Lipinski definition) is 4. The van der Waals surface area contributed by atoms with Crippen LogP contribution < -0.4 is 15.8 Å². The molecule has 1 heterocycles. The molecule has 2 rings (SSSR count). The summed E-state index contributed by atoms with van der Waals surface area (Å²) in [7, 11) is 1.65. The Morgan fingerprint density at radius 1 is 1.38 bits per heavy atom. The molecule has 3 N–H and O–H groups in total. The number of piperidine rings is 1. The lowest BCUT2D eigenvalue weighted by Gasteiger charge is -2.44. The van der Waals surface area contributed by atoms with Crippen LogP contribution in [0.25, 0.3) is 0 Å². The Morgan fingerprint density at radius 3 is 2.67 bits per heavy atom. The summed E-state index contributed by atoms with van der Waals surface area (Å²) in [5.41, 5.74) is 7.21. The topological polar surface area (TPSA) is 67.6 Å². The van der Waals surface area contributed by atoms with Crippen LogP contribution in [0, 0.1) is 5.41 Å². The Kier molecular flexibility index (Phi) is 5.88. The molecule has 0 radical (unpaired) electrons. The van der Waals surface area contributed by atoms with E-state index < -0.39 is 0 Å². The van der Waals surface area contributed by atoms with Crippen molar-refractivity contribution in [1.82, 2.24) is 10.2 Å². The van der Waals surface area contributed by atoms with Crippen molar-refractivity contribution in [3.8, 4) is 5.75 Å². The summed E-state index contributed by atoms with van der Waals surface area (Å²) in [6, 6.07) is 7.70. The molecule has 0 aliphatic carbocycles. The maximum atomic E-state index is 12.7. The van der Waals surface area contributed by atoms with Gasteiger partial charge in [-0.2, -0.15) is 0 Å². The third-order valence-corrected chi connectivity index (χ3v) is 5.23. The largest absolute Gasteiger partial charge is 0.496 e. The summed E-state index contributed by atoms with van der Waals surface area (Å²) in [5.74, 6) is 0.836. The minimum atomic E-state index is -0.172. The zero-order valence-corrected chi connectivity index (χ0v) is 15.5.